The van der Waals surface area contributed by atoms with Gasteiger partial charge in [0.15, 0.2) is 0 Å². The second kappa shape index (κ2) is 4.22. The standard InChI is InChI=1S/C7H12BrN5O/c1-12-7(9-10-11-12)13-2-3-14-6(4-8)5-13/h6H,2-5H2,1H3. The molecule has 0 saturated carbocycles. The lowest BCUT2D eigenvalue weighted by Crippen LogP contribution is -2.44. The quantitative estimate of drug-likeness (QED) is 0.691. The maximum absolute atomic E-state index is 5.53. The molecule has 1 aromatic rings. The zero-order valence-electron chi connectivity index (χ0n) is 7.93. The lowest BCUT2D eigenvalue weighted by atomic mass is 10.3. The molecular formula is C7H12BrN5O. The van der Waals surface area contributed by atoms with Crippen LogP contribution in [0.4, 0.5) is 5.95 Å². The Morgan fingerprint density at radius 3 is 3.14 bits per heavy atom. The van der Waals surface area contributed by atoms with Crippen molar-refractivity contribution in [2.45, 2.75) is 6.10 Å². The van der Waals surface area contributed by atoms with Crippen LogP contribution in [0.3, 0.4) is 0 Å². The molecular weight excluding hydrogens is 250 g/mol. The fourth-order valence-electron chi connectivity index (χ4n) is 1.49. The molecule has 0 bridgehead atoms. The van der Waals surface area contributed by atoms with Gasteiger partial charge >= 0.3 is 0 Å². The molecule has 14 heavy (non-hydrogen) atoms. The number of nitrogens with zero attached hydrogens (tertiary/aromatic N) is 5. The van der Waals surface area contributed by atoms with Crippen LogP contribution in [0.15, 0.2) is 0 Å². The first-order valence-corrected chi connectivity index (χ1v) is 5.58. The highest BCUT2D eigenvalue weighted by Crippen LogP contribution is 2.13. The number of anilines is 1. The summed E-state index contributed by atoms with van der Waals surface area (Å²) in [5.74, 6) is 0.805. The van der Waals surface area contributed by atoms with Gasteiger partial charge in [0.05, 0.1) is 12.7 Å². The summed E-state index contributed by atoms with van der Waals surface area (Å²) in [4.78, 5) is 2.13. The van der Waals surface area contributed by atoms with Gasteiger partial charge < -0.3 is 9.64 Å². The first kappa shape index (κ1) is 9.85. The summed E-state index contributed by atoms with van der Waals surface area (Å²) in [5.41, 5.74) is 0. The highest BCUT2D eigenvalue weighted by atomic mass is 79.9. The number of morpholine rings is 1. The van der Waals surface area contributed by atoms with Gasteiger partial charge in [-0.05, 0) is 10.4 Å². The molecule has 0 spiro atoms. The van der Waals surface area contributed by atoms with E-state index < -0.39 is 0 Å². The predicted molar refractivity (Wildman–Crippen MR) is 54.5 cm³/mol. The number of tetrazole rings is 1. The van der Waals surface area contributed by atoms with Gasteiger partial charge in [0.2, 0.25) is 5.95 Å². The van der Waals surface area contributed by atoms with E-state index in [1.807, 2.05) is 7.05 Å². The minimum Gasteiger partial charge on any atom is -0.374 e. The highest BCUT2D eigenvalue weighted by Gasteiger charge is 2.22. The largest absolute Gasteiger partial charge is 0.374 e. The summed E-state index contributed by atoms with van der Waals surface area (Å²) in [7, 11) is 1.84. The molecule has 0 N–H and O–H groups in total. The Morgan fingerprint density at radius 2 is 2.50 bits per heavy atom. The Hall–Kier alpha value is -0.690. The predicted octanol–water partition coefficient (Wildman–Crippen LogP) is -0.190. The molecule has 1 fully saturated rings. The molecule has 1 atom stereocenters. The normalized spacial score (nSPS) is 22.7. The number of hydrogen-bond donors (Lipinski definition) is 0. The van der Waals surface area contributed by atoms with Gasteiger partial charge in [0.1, 0.15) is 0 Å². The molecule has 1 aliphatic heterocycles. The SMILES string of the molecule is Cn1nnnc1N1CCOC(CBr)C1. The molecule has 6 nitrogen and oxygen atoms in total. The molecule has 78 valence electrons. The Kier molecular flexibility index (Phi) is 2.97. The van der Waals surface area contributed by atoms with Crippen molar-refractivity contribution >= 4 is 21.9 Å². The molecule has 7 heteroatoms. The van der Waals surface area contributed by atoms with Gasteiger partial charge in [-0.25, -0.2) is 4.68 Å². The Bertz CT molecular complexity index is 304. The number of halogens is 1. The molecule has 0 aromatic carbocycles. The maximum Gasteiger partial charge on any atom is 0.245 e. The van der Waals surface area contributed by atoms with E-state index in [-0.39, 0.29) is 6.10 Å². The Morgan fingerprint density at radius 1 is 1.64 bits per heavy atom. The minimum absolute atomic E-state index is 0.223. The van der Waals surface area contributed by atoms with E-state index in [1.54, 1.807) is 4.68 Å². The van der Waals surface area contributed by atoms with Crippen molar-refractivity contribution in [3.8, 4) is 0 Å². The van der Waals surface area contributed by atoms with Crippen molar-refractivity contribution in [1.29, 1.82) is 0 Å². The van der Waals surface area contributed by atoms with E-state index in [9.17, 15) is 0 Å². The van der Waals surface area contributed by atoms with E-state index in [2.05, 4.69) is 36.4 Å². The van der Waals surface area contributed by atoms with Crippen molar-refractivity contribution in [3.63, 3.8) is 0 Å². The summed E-state index contributed by atoms with van der Waals surface area (Å²) < 4.78 is 7.21. The Labute approximate surface area is 90.3 Å². The van der Waals surface area contributed by atoms with Gasteiger partial charge in [-0.15, -0.1) is 0 Å². The molecule has 1 aliphatic rings. The number of hydrogen-bond acceptors (Lipinski definition) is 5. The third-order valence-electron chi connectivity index (χ3n) is 2.19. The minimum atomic E-state index is 0.223. The van der Waals surface area contributed by atoms with Crippen LogP contribution in [-0.4, -0.2) is 51.3 Å². The van der Waals surface area contributed by atoms with Gasteiger partial charge in [-0.3, -0.25) is 0 Å². The van der Waals surface area contributed by atoms with Crippen LogP contribution in [0, 0.1) is 0 Å². The van der Waals surface area contributed by atoms with Crippen molar-refractivity contribution in [2.75, 3.05) is 29.9 Å². The van der Waals surface area contributed by atoms with Crippen LogP contribution in [0.2, 0.25) is 0 Å². The maximum atomic E-state index is 5.53. The average Bonchev–Trinajstić information content (AvgIpc) is 2.65. The smallest absolute Gasteiger partial charge is 0.245 e. The third-order valence-corrected chi connectivity index (χ3v) is 2.91. The van der Waals surface area contributed by atoms with Crippen LogP contribution in [0.1, 0.15) is 0 Å². The van der Waals surface area contributed by atoms with E-state index >= 15 is 0 Å². The monoisotopic (exact) mass is 261 g/mol. The second-order valence-corrected chi connectivity index (χ2v) is 3.84. The van der Waals surface area contributed by atoms with Crippen LogP contribution in [-0.2, 0) is 11.8 Å². The van der Waals surface area contributed by atoms with Crippen molar-refractivity contribution < 1.29 is 4.74 Å². The van der Waals surface area contributed by atoms with Gasteiger partial charge in [-0.2, -0.15) is 0 Å². The lowest BCUT2D eigenvalue weighted by molar-refractivity contribution is 0.0562. The van der Waals surface area contributed by atoms with Gasteiger partial charge in [0.25, 0.3) is 0 Å². The summed E-state index contributed by atoms with van der Waals surface area (Å²) in [6.07, 6.45) is 0.223. The van der Waals surface area contributed by atoms with Crippen molar-refractivity contribution in [2.24, 2.45) is 7.05 Å². The van der Waals surface area contributed by atoms with E-state index in [1.165, 1.54) is 0 Å². The molecule has 0 amide bonds. The number of rotatable bonds is 2. The first-order valence-electron chi connectivity index (χ1n) is 4.46. The fourth-order valence-corrected chi connectivity index (χ4v) is 1.88. The molecule has 0 aliphatic carbocycles. The third kappa shape index (κ3) is 1.88. The van der Waals surface area contributed by atoms with Crippen LogP contribution in [0.25, 0.3) is 0 Å². The van der Waals surface area contributed by atoms with E-state index in [0.29, 0.717) is 0 Å². The zero-order chi connectivity index (χ0) is 9.97. The zero-order valence-corrected chi connectivity index (χ0v) is 9.51. The molecule has 1 aromatic heterocycles. The average molecular weight is 262 g/mol. The van der Waals surface area contributed by atoms with Gasteiger partial charge in [-0.1, -0.05) is 21.0 Å². The molecule has 2 heterocycles. The van der Waals surface area contributed by atoms with Crippen LogP contribution >= 0.6 is 15.9 Å². The fraction of sp³-hybridized carbons (Fsp3) is 0.857. The Balaban J connectivity index is 2.08. The lowest BCUT2D eigenvalue weighted by Gasteiger charge is -2.31. The number of ether oxygens (including phenoxy) is 1. The summed E-state index contributed by atoms with van der Waals surface area (Å²) >= 11 is 3.41. The second-order valence-electron chi connectivity index (χ2n) is 3.20. The van der Waals surface area contributed by atoms with E-state index in [4.69, 9.17) is 4.74 Å². The molecule has 0 radical (unpaired) electrons. The first-order chi connectivity index (χ1) is 6.81. The highest BCUT2D eigenvalue weighted by molar-refractivity contribution is 9.09. The molecule has 2 rings (SSSR count). The summed E-state index contributed by atoms with van der Waals surface area (Å²) in [6, 6.07) is 0. The number of aryl methyl sites for hydroxylation is 1. The van der Waals surface area contributed by atoms with E-state index in [0.717, 1.165) is 31.0 Å². The summed E-state index contributed by atoms with van der Waals surface area (Å²) in [5, 5.41) is 12.2. The molecule has 1 saturated heterocycles. The number of alkyl halides is 1. The van der Waals surface area contributed by atoms with Crippen molar-refractivity contribution in [3.05, 3.63) is 0 Å². The van der Waals surface area contributed by atoms with Gasteiger partial charge in [0, 0.05) is 25.5 Å². The molecule has 1 unspecified atom stereocenters. The van der Waals surface area contributed by atoms with Crippen LogP contribution < -0.4 is 4.90 Å². The topological polar surface area (TPSA) is 56.1 Å². The van der Waals surface area contributed by atoms with Crippen LogP contribution in [0.5, 0.6) is 0 Å². The van der Waals surface area contributed by atoms with Crippen molar-refractivity contribution in [1.82, 2.24) is 20.2 Å². The summed E-state index contributed by atoms with van der Waals surface area (Å²) in [6.45, 7) is 2.40. The number of aromatic nitrogens is 4.